The SMILES string of the molecule is Cc1ccc(NC(=S)NNC(=O)CN2C(=O)COc3ccccc32)cc1F. The summed E-state index contributed by atoms with van der Waals surface area (Å²) >= 11 is 5.06. The van der Waals surface area contributed by atoms with Gasteiger partial charge >= 0.3 is 0 Å². The van der Waals surface area contributed by atoms with Crippen molar-refractivity contribution in [3.05, 3.63) is 53.8 Å². The van der Waals surface area contributed by atoms with Crippen molar-refractivity contribution in [1.82, 2.24) is 10.9 Å². The standard InChI is InChI=1S/C18H17FN4O3S/c1-11-6-7-12(8-13(11)19)20-18(27)22-21-16(24)9-23-14-4-2-3-5-15(14)26-10-17(23)25/h2-8H,9-10H2,1H3,(H,21,24)(H2,20,22,27). The molecule has 1 heterocycles. The Labute approximate surface area is 160 Å². The molecule has 0 aliphatic carbocycles. The molecule has 1 aliphatic heterocycles. The van der Waals surface area contributed by atoms with Crippen LogP contribution in [-0.2, 0) is 9.59 Å². The first-order chi connectivity index (χ1) is 12.9. The summed E-state index contributed by atoms with van der Waals surface area (Å²) in [6, 6.07) is 11.5. The van der Waals surface area contributed by atoms with Crippen molar-refractivity contribution >= 4 is 40.5 Å². The van der Waals surface area contributed by atoms with Crippen molar-refractivity contribution in [2.24, 2.45) is 0 Å². The number of nitrogens with one attached hydrogen (secondary N) is 3. The lowest BCUT2D eigenvalue weighted by Gasteiger charge is -2.28. The number of hydrazine groups is 1. The number of hydrogen-bond donors (Lipinski definition) is 3. The number of ether oxygens (including phenoxy) is 1. The van der Waals surface area contributed by atoms with Gasteiger partial charge in [-0.1, -0.05) is 18.2 Å². The van der Waals surface area contributed by atoms with Crippen molar-refractivity contribution in [2.75, 3.05) is 23.4 Å². The fraction of sp³-hybridized carbons (Fsp3) is 0.167. The minimum Gasteiger partial charge on any atom is -0.482 e. The maximum absolute atomic E-state index is 13.5. The van der Waals surface area contributed by atoms with E-state index in [0.717, 1.165) is 0 Å². The molecule has 0 radical (unpaired) electrons. The monoisotopic (exact) mass is 388 g/mol. The Morgan fingerprint density at radius 3 is 2.81 bits per heavy atom. The van der Waals surface area contributed by atoms with E-state index in [0.29, 0.717) is 22.7 Å². The molecule has 3 rings (SSSR count). The van der Waals surface area contributed by atoms with Gasteiger partial charge in [-0.15, -0.1) is 0 Å². The second-order valence-corrected chi connectivity index (χ2v) is 6.24. The summed E-state index contributed by atoms with van der Waals surface area (Å²) in [5.74, 6) is -0.619. The Hall–Kier alpha value is -3.20. The summed E-state index contributed by atoms with van der Waals surface area (Å²) in [5.41, 5.74) is 6.42. The normalized spacial score (nSPS) is 12.7. The Morgan fingerprint density at radius 2 is 2.04 bits per heavy atom. The van der Waals surface area contributed by atoms with Crippen LogP contribution in [0.4, 0.5) is 15.8 Å². The summed E-state index contributed by atoms with van der Waals surface area (Å²) in [7, 11) is 0. The summed E-state index contributed by atoms with van der Waals surface area (Å²) in [6.45, 7) is 1.33. The number of para-hydroxylation sites is 2. The lowest BCUT2D eigenvalue weighted by atomic mass is 10.2. The largest absolute Gasteiger partial charge is 0.482 e. The predicted molar refractivity (Wildman–Crippen MR) is 103 cm³/mol. The second-order valence-electron chi connectivity index (χ2n) is 5.83. The zero-order valence-corrected chi connectivity index (χ0v) is 15.2. The number of halogens is 1. The van der Waals surface area contributed by atoms with Gasteiger partial charge in [0.2, 0.25) is 0 Å². The van der Waals surface area contributed by atoms with Crippen molar-refractivity contribution in [1.29, 1.82) is 0 Å². The third-order valence-corrected chi connectivity index (χ3v) is 4.06. The van der Waals surface area contributed by atoms with E-state index in [-0.39, 0.29) is 30.0 Å². The van der Waals surface area contributed by atoms with Gasteiger partial charge < -0.3 is 10.1 Å². The molecular weight excluding hydrogens is 371 g/mol. The topological polar surface area (TPSA) is 82.7 Å². The van der Waals surface area contributed by atoms with Gasteiger partial charge in [-0.3, -0.25) is 25.3 Å². The van der Waals surface area contributed by atoms with Crippen LogP contribution in [0.3, 0.4) is 0 Å². The van der Waals surface area contributed by atoms with E-state index < -0.39 is 5.91 Å². The fourth-order valence-corrected chi connectivity index (χ4v) is 2.64. The Morgan fingerprint density at radius 1 is 1.26 bits per heavy atom. The van der Waals surface area contributed by atoms with Crippen LogP contribution in [0.1, 0.15) is 5.56 Å². The highest BCUT2D eigenvalue weighted by atomic mass is 32.1. The molecule has 0 saturated carbocycles. The van der Waals surface area contributed by atoms with E-state index in [9.17, 15) is 14.0 Å². The van der Waals surface area contributed by atoms with Gasteiger partial charge in [-0.2, -0.15) is 0 Å². The molecule has 0 aromatic heterocycles. The number of nitrogens with zero attached hydrogens (tertiary/aromatic N) is 1. The molecular formula is C18H17FN4O3S. The van der Waals surface area contributed by atoms with E-state index in [1.165, 1.54) is 11.0 Å². The van der Waals surface area contributed by atoms with E-state index in [2.05, 4.69) is 16.2 Å². The molecule has 0 atom stereocenters. The minimum absolute atomic E-state index is 0.0836. The number of rotatable bonds is 3. The van der Waals surface area contributed by atoms with Gasteiger partial charge in [0.25, 0.3) is 11.8 Å². The first kappa shape index (κ1) is 18.6. The zero-order valence-electron chi connectivity index (χ0n) is 14.4. The van der Waals surface area contributed by atoms with E-state index in [1.807, 2.05) is 0 Å². The third kappa shape index (κ3) is 4.50. The number of carbonyl (C=O) groups is 2. The van der Waals surface area contributed by atoms with Crippen LogP contribution in [0.15, 0.2) is 42.5 Å². The lowest BCUT2D eigenvalue weighted by Crippen LogP contribution is -2.50. The number of fused-ring (bicyclic) bond motifs is 1. The number of carbonyl (C=O) groups excluding carboxylic acids is 2. The number of hydrogen-bond acceptors (Lipinski definition) is 4. The molecule has 2 amide bonds. The Balaban J connectivity index is 1.54. The van der Waals surface area contributed by atoms with E-state index >= 15 is 0 Å². The van der Waals surface area contributed by atoms with Crippen molar-refractivity contribution < 1.29 is 18.7 Å². The van der Waals surface area contributed by atoms with Crippen LogP contribution >= 0.6 is 12.2 Å². The number of thiocarbonyl (C=S) groups is 1. The van der Waals surface area contributed by atoms with E-state index in [4.69, 9.17) is 17.0 Å². The smallest absolute Gasteiger partial charge is 0.265 e. The van der Waals surface area contributed by atoms with Crippen LogP contribution in [0.2, 0.25) is 0 Å². The molecule has 7 nitrogen and oxygen atoms in total. The summed E-state index contributed by atoms with van der Waals surface area (Å²) < 4.78 is 18.9. The fourth-order valence-electron chi connectivity index (χ4n) is 2.47. The average Bonchev–Trinajstić information content (AvgIpc) is 2.65. The van der Waals surface area contributed by atoms with Crippen LogP contribution in [0, 0.1) is 12.7 Å². The van der Waals surface area contributed by atoms with Crippen LogP contribution in [0.25, 0.3) is 0 Å². The molecule has 140 valence electrons. The highest BCUT2D eigenvalue weighted by molar-refractivity contribution is 7.80. The highest BCUT2D eigenvalue weighted by Crippen LogP contribution is 2.31. The third-order valence-electron chi connectivity index (χ3n) is 3.86. The van der Waals surface area contributed by atoms with Crippen molar-refractivity contribution in [2.45, 2.75) is 6.92 Å². The van der Waals surface area contributed by atoms with Crippen LogP contribution in [0.5, 0.6) is 5.75 Å². The molecule has 1 aliphatic rings. The Bertz CT molecular complexity index is 906. The number of amides is 2. The molecule has 0 bridgehead atoms. The highest BCUT2D eigenvalue weighted by Gasteiger charge is 2.26. The van der Waals surface area contributed by atoms with Gasteiger partial charge in [-0.05, 0) is 49.0 Å². The predicted octanol–water partition coefficient (Wildman–Crippen LogP) is 1.88. The first-order valence-corrected chi connectivity index (χ1v) is 8.49. The van der Waals surface area contributed by atoms with Gasteiger partial charge in [0.15, 0.2) is 11.7 Å². The molecule has 2 aromatic carbocycles. The van der Waals surface area contributed by atoms with Crippen molar-refractivity contribution in [3.63, 3.8) is 0 Å². The van der Waals surface area contributed by atoms with Crippen molar-refractivity contribution in [3.8, 4) is 5.75 Å². The Kier molecular flexibility index (Phi) is 5.51. The molecule has 3 N–H and O–H groups in total. The molecule has 27 heavy (non-hydrogen) atoms. The minimum atomic E-state index is -0.473. The summed E-state index contributed by atoms with van der Waals surface area (Å²) in [5, 5.41) is 2.84. The van der Waals surface area contributed by atoms with Crippen LogP contribution < -0.4 is 25.8 Å². The number of anilines is 2. The first-order valence-electron chi connectivity index (χ1n) is 8.08. The van der Waals surface area contributed by atoms with Gasteiger partial charge in [0.05, 0.1) is 5.69 Å². The lowest BCUT2D eigenvalue weighted by molar-refractivity contribution is -0.125. The van der Waals surface area contributed by atoms with Crippen LogP contribution in [-0.4, -0.2) is 30.1 Å². The summed E-state index contributed by atoms with van der Waals surface area (Å²) in [6.07, 6.45) is 0. The number of benzene rings is 2. The van der Waals surface area contributed by atoms with Gasteiger partial charge in [0, 0.05) is 5.69 Å². The maximum Gasteiger partial charge on any atom is 0.265 e. The molecule has 0 unspecified atom stereocenters. The zero-order chi connectivity index (χ0) is 19.4. The quantitative estimate of drug-likeness (QED) is 0.550. The van der Waals surface area contributed by atoms with Gasteiger partial charge in [0.1, 0.15) is 18.1 Å². The van der Waals surface area contributed by atoms with Gasteiger partial charge in [-0.25, -0.2) is 4.39 Å². The average molecular weight is 388 g/mol. The molecule has 0 fully saturated rings. The number of aryl methyl sites for hydroxylation is 1. The maximum atomic E-state index is 13.5. The van der Waals surface area contributed by atoms with E-state index in [1.54, 1.807) is 43.3 Å². The molecule has 9 heteroatoms. The second kappa shape index (κ2) is 8.00. The molecule has 2 aromatic rings. The molecule has 0 saturated heterocycles. The molecule has 0 spiro atoms. The summed E-state index contributed by atoms with van der Waals surface area (Å²) in [4.78, 5) is 25.6.